The molecular weight excluding hydrogens is 192 g/mol. The van der Waals surface area contributed by atoms with E-state index in [9.17, 15) is 14.7 Å². The van der Waals surface area contributed by atoms with Crippen LogP contribution in [-0.2, 0) is 9.59 Å². The van der Waals surface area contributed by atoms with Gasteiger partial charge in [0.05, 0.1) is 0 Å². The number of Topliss-reactive ketones (excluding diaryl/α,β-unsaturated/α-hetero) is 2. The highest BCUT2D eigenvalue weighted by molar-refractivity contribution is 6.22. The molecule has 15 heavy (non-hydrogen) atoms. The molecule has 0 aromatic heterocycles. The molecule has 1 aromatic rings. The largest absolute Gasteiger partial charge is 0.506 e. The number of ketones is 2. The van der Waals surface area contributed by atoms with E-state index in [1.165, 1.54) is 13.8 Å². The van der Waals surface area contributed by atoms with E-state index < -0.39 is 11.6 Å². The third kappa shape index (κ3) is 2.53. The van der Waals surface area contributed by atoms with Crippen LogP contribution >= 0.6 is 0 Å². The Morgan fingerprint density at radius 3 is 1.87 bits per heavy atom. The van der Waals surface area contributed by atoms with Gasteiger partial charge in [-0.2, -0.15) is 0 Å². The molecule has 0 bridgehead atoms. The third-order valence-corrected chi connectivity index (χ3v) is 1.99. The number of benzene rings is 1. The monoisotopic (exact) mass is 204 g/mol. The van der Waals surface area contributed by atoms with E-state index in [0.717, 1.165) is 0 Å². The van der Waals surface area contributed by atoms with Crippen molar-refractivity contribution in [2.75, 3.05) is 0 Å². The summed E-state index contributed by atoms with van der Waals surface area (Å²) in [6.45, 7) is 2.52. The molecule has 0 saturated heterocycles. The van der Waals surface area contributed by atoms with Crippen LogP contribution in [0.3, 0.4) is 0 Å². The second-order valence-corrected chi connectivity index (χ2v) is 3.20. The highest BCUT2D eigenvalue weighted by Crippen LogP contribution is 2.16. The van der Waals surface area contributed by atoms with E-state index in [2.05, 4.69) is 0 Å². The molecule has 0 radical (unpaired) electrons. The Balaban J connectivity index is 3.29. The molecule has 0 spiro atoms. The van der Waals surface area contributed by atoms with Gasteiger partial charge in [0, 0.05) is 5.56 Å². The van der Waals surface area contributed by atoms with Crippen molar-refractivity contribution < 1.29 is 14.7 Å². The molecule has 0 heterocycles. The lowest BCUT2D eigenvalue weighted by Crippen LogP contribution is -2.09. The molecule has 0 unspecified atom stereocenters. The second-order valence-electron chi connectivity index (χ2n) is 3.20. The lowest BCUT2D eigenvalue weighted by molar-refractivity contribution is -0.119. The third-order valence-electron chi connectivity index (χ3n) is 1.99. The van der Waals surface area contributed by atoms with Crippen LogP contribution in [0.2, 0.25) is 0 Å². The summed E-state index contributed by atoms with van der Waals surface area (Å²) < 4.78 is 0. The van der Waals surface area contributed by atoms with Gasteiger partial charge < -0.3 is 5.11 Å². The smallest absolute Gasteiger partial charge is 0.167 e. The predicted octanol–water partition coefficient (Wildman–Crippen LogP) is 2.13. The van der Waals surface area contributed by atoms with Crippen molar-refractivity contribution in [2.45, 2.75) is 13.8 Å². The summed E-state index contributed by atoms with van der Waals surface area (Å²) in [5.41, 5.74) is 0.319. The first-order valence-electron chi connectivity index (χ1n) is 4.54. The van der Waals surface area contributed by atoms with Crippen molar-refractivity contribution in [1.82, 2.24) is 0 Å². The fourth-order valence-electron chi connectivity index (χ4n) is 1.32. The van der Waals surface area contributed by atoms with Crippen LogP contribution in [-0.4, -0.2) is 16.7 Å². The Kier molecular flexibility index (Phi) is 3.39. The van der Waals surface area contributed by atoms with Crippen LogP contribution in [0.4, 0.5) is 0 Å². The summed E-state index contributed by atoms with van der Waals surface area (Å²) in [7, 11) is 0. The highest BCUT2D eigenvalue weighted by atomic mass is 16.3. The van der Waals surface area contributed by atoms with Gasteiger partial charge >= 0.3 is 0 Å². The number of carbonyl (C=O) groups excluding carboxylic acids is 2. The van der Waals surface area contributed by atoms with Crippen LogP contribution in [0.1, 0.15) is 19.4 Å². The summed E-state index contributed by atoms with van der Waals surface area (Å²) in [5.74, 6) is -1.11. The minimum absolute atomic E-state index is 0.152. The summed E-state index contributed by atoms with van der Waals surface area (Å²) in [6, 6.07) is 8.52. The fraction of sp³-hybridized carbons (Fsp3) is 0.167. The molecule has 1 N–H and O–H groups in total. The summed E-state index contributed by atoms with van der Waals surface area (Å²) >= 11 is 0. The first-order valence-corrected chi connectivity index (χ1v) is 4.54. The molecule has 0 amide bonds. The average Bonchev–Trinajstić information content (AvgIpc) is 2.18. The van der Waals surface area contributed by atoms with Gasteiger partial charge in [0.1, 0.15) is 11.3 Å². The molecule has 3 heteroatoms. The van der Waals surface area contributed by atoms with Gasteiger partial charge in [0.25, 0.3) is 0 Å². The van der Waals surface area contributed by atoms with E-state index in [4.69, 9.17) is 0 Å². The second kappa shape index (κ2) is 4.55. The molecular formula is C12H12O3. The van der Waals surface area contributed by atoms with Gasteiger partial charge in [-0.15, -0.1) is 0 Å². The van der Waals surface area contributed by atoms with Crippen molar-refractivity contribution in [2.24, 2.45) is 0 Å². The van der Waals surface area contributed by atoms with Crippen LogP contribution in [0.5, 0.6) is 0 Å². The standard InChI is InChI=1S/C12H12O3/c1-8(13)11(9(2)14)12(15)10-6-4-3-5-7-10/h3-7,15H,1-2H3. The number of rotatable bonds is 3. The maximum absolute atomic E-state index is 11.2. The van der Waals surface area contributed by atoms with E-state index in [0.29, 0.717) is 5.56 Å². The molecule has 0 aliphatic rings. The minimum Gasteiger partial charge on any atom is -0.506 e. The van der Waals surface area contributed by atoms with Gasteiger partial charge in [0.15, 0.2) is 11.6 Å². The van der Waals surface area contributed by atoms with Crippen molar-refractivity contribution in [3.8, 4) is 0 Å². The zero-order valence-electron chi connectivity index (χ0n) is 8.65. The number of carbonyl (C=O) groups is 2. The Morgan fingerprint density at radius 2 is 1.47 bits per heavy atom. The number of hydrogen-bond acceptors (Lipinski definition) is 3. The van der Waals surface area contributed by atoms with Crippen molar-refractivity contribution in [3.05, 3.63) is 41.5 Å². The molecule has 0 atom stereocenters. The molecule has 0 saturated carbocycles. The quantitative estimate of drug-likeness (QED) is 0.355. The van der Waals surface area contributed by atoms with Crippen molar-refractivity contribution in [3.63, 3.8) is 0 Å². The van der Waals surface area contributed by atoms with E-state index in [-0.39, 0.29) is 11.3 Å². The zero-order chi connectivity index (χ0) is 11.4. The Bertz CT molecular complexity index is 400. The summed E-state index contributed by atoms with van der Waals surface area (Å²) in [5, 5.41) is 9.76. The molecule has 0 aliphatic heterocycles. The maximum atomic E-state index is 11.2. The first-order chi connectivity index (χ1) is 7.04. The summed E-state index contributed by atoms with van der Waals surface area (Å²) in [4.78, 5) is 22.3. The molecule has 1 aromatic carbocycles. The lowest BCUT2D eigenvalue weighted by Gasteiger charge is -2.04. The van der Waals surface area contributed by atoms with Gasteiger partial charge in [0.2, 0.25) is 0 Å². The number of allylic oxidation sites excluding steroid dienone is 1. The van der Waals surface area contributed by atoms with E-state index in [1.807, 2.05) is 0 Å². The lowest BCUT2D eigenvalue weighted by atomic mass is 10.0. The van der Waals surface area contributed by atoms with E-state index >= 15 is 0 Å². The molecule has 3 nitrogen and oxygen atoms in total. The molecule has 1 rings (SSSR count). The zero-order valence-corrected chi connectivity index (χ0v) is 8.65. The fourth-order valence-corrected chi connectivity index (χ4v) is 1.32. The maximum Gasteiger partial charge on any atom is 0.167 e. The average molecular weight is 204 g/mol. The number of aliphatic hydroxyl groups is 1. The number of hydrogen-bond donors (Lipinski definition) is 1. The highest BCUT2D eigenvalue weighted by Gasteiger charge is 2.16. The SMILES string of the molecule is CC(=O)C(C(C)=O)=C(O)c1ccccc1. The van der Waals surface area contributed by atoms with Crippen molar-refractivity contribution >= 4 is 17.3 Å². The van der Waals surface area contributed by atoms with Gasteiger partial charge in [-0.1, -0.05) is 30.3 Å². The first kappa shape index (κ1) is 11.2. The number of aliphatic hydroxyl groups excluding tert-OH is 1. The Labute approximate surface area is 88.0 Å². The van der Waals surface area contributed by atoms with Crippen LogP contribution < -0.4 is 0 Å². The Morgan fingerprint density at radius 1 is 1.00 bits per heavy atom. The normalized spacial score (nSPS) is 9.47. The van der Waals surface area contributed by atoms with Crippen LogP contribution in [0.15, 0.2) is 35.9 Å². The Hall–Kier alpha value is -1.90. The molecule has 0 aliphatic carbocycles. The summed E-state index contributed by atoms with van der Waals surface area (Å²) in [6.07, 6.45) is 0. The van der Waals surface area contributed by atoms with Crippen LogP contribution in [0.25, 0.3) is 5.76 Å². The molecule has 78 valence electrons. The van der Waals surface area contributed by atoms with Gasteiger partial charge in [-0.25, -0.2) is 0 Å². The van der Waals surface area contributed by atoms with Crippen molar-refractivity contribution in [1.29, 1.82) is 0 Å². The van der Waals surface area contributed by atoms with E-state index in [1.54, 1.807) is 30.3 Å². The molecule has 0 fully saturated rings. The topological polar surface area (TPSA) is 54.4 Å². The minimum atomic E-state index is -0.427. The predicted molar refractivity (Wildman–Crippen MR) is 57.4 cm³/mol. The van der Waals surface area contributed by atoms with Crippen LogP contribution in [0, 0.1) is 0 Å². The van der Waals surface area contributed by atoms with Gasteiger partial charge in [-0.05, 0) is 13.8 Å². The van der Waals surface area contributed by atoms with Gasteiger partial charge in [-0.3, -0.25) is 9.59 Å².